The normalized spacial score (nSPS) is 14.3. The van der Waals surface area contributed by atoms with Crippen LogP contribution >= 0.6 is 35.3 Å². The maximum atomic E-state index is 12.6. The van der Waals surface area contributed by atoms with Crippen molar-refractivity contribution in [2.45, 2.75) is 26.8 Å². The number of thiophene rings is 1. The van der Waals surface area contributed by atoms with E-state index in [0.29, 0.717) is 19.5 Å². The van der Waals surface area contributed by atoms with Gasteiger partial charge in [-0.25, -0.2) is 9.98 Å². The second kappa shape index (κ2) is 12.7. The number of aliphatic imine (C=N–C) groups is 1. The van der Waals surface area contributed by atoms with Crippen molar-refractivity contribution in [3.63, 3.8) is 0 Å². The molecule has 1 amide bonds. The molecule has 1 aliphatic heterocycles. The summed E-state index contributed by atoms with van der Waals surface area (Å²) in [5, 5.41) is 8.62. The number of rotatable bonds is 7. The zero-order chi connectivity index (χ0) is 20.5. The highest BCUT2D eigenvalue weighted by Crippen LogP contribution is 2.16. The Bertz CT molecular complexity index is 805. The van der Waals surface area contributed by atoms with Crippen LogP contribution in [-0.4, -0.2) is 61.0 Å². The maximum Gasteiger partial charge on any atom is 0.224 e. The van der Waals surface area contributed by atoms with E-state index >= 15 is 0 Å². The van der Waals surface area contributed by atoms with Crippen molar-refractivity contribution in [3.8, 4) is 0 Å². The van der Waals surface area contributed by atoms with Crippen molar-refractivity contribution in [1.29, 1.82) is 0 Å². The monoisotopic (exact) mass is 542 g/mol. The number of hydrogen-bond donors (Lipinski definition) is 2. The first-order valence-electron chi connectivity index (χ1n) is 10.2. The minimum atomic E-state index is 0. The molecule has 164 valence electrons. The fourth-order valence-corrected chi connectivity index (χ4v) is 4.06. The smallest absolute Gasteiger partial charge is 0.224 e. The first-order chi connectivity index (χ1) is 14.2. The quantitative estimate of drug-likeness (QED) is 0.320. The summed E-state index contributed by atoms with van der Waals surface area (Å²) < 4.78 is 0. The number of carbonyl (C=O) groups is 1. The molecule has 0 spiro atoms. The molecule has 2 aromatic heterocycles. The SMILES string of the molecule is CCNC(=NCc1sccc1C)NCCC(=O)N1CCN(c2ccccn2)CC1.I. The van der Waals surface area contributed by atoms with E-state index in [0.717, 1.165) is 44.5 Å². The predicted molar refractivity (Wildman–Crippen MR) is 135 cm³/mol. The van der Waals surface area contributed by atoms with Gasteiger partial charge in [0, 0.05) is 56.8 Å². The van der Waals surface area contributed by atoms with Crippen LogP contribution in [0.25, 0.3) is 0 Å². The lowest BCUT2D eigenvalue weighted by molar-refractivity contribution is -0.131. The average molecular weight is 542 g/mol. The minimum absolute atomic E-state index is 0. The third-order valence-corrected chi connectivity index (χ3v) is 5.94. The second-order valence-corrected chi connectivity index (χ2v) is 7.96. The van der Waals surface area contributed by atoms with Crippen LogP contribution in [0.3, 0.4) is 0 Å². The Morgan fingerprint density at radius 2 is 2.00 bits per heavy atom. The molecule has 0 saturated carbocycles. The number of carbonyl (C=O) groups excluding carboxylic acids is 1. The molecular formula is C21H31IN6OS. The van der Waals surface area contributed by atoms with Crippen molar-refractivity contribution in [2.24, 2.45) is 4.99 Å². The van der Waals surface area contributed by atoms with E-state index in [9.17, 15) is 4.79 Å². The number of nitrogens with one attached hydrogen (secondary N) is 2. The Morgan fingerprint density at radius 3 is 2.63 bits per heavy atom. The molecule has 0 aromatic carbocycles. The van der Waals surface area contributed by atoms with Crippen LogP contribution < -0.4 is 15.5 Å². The number of pyridine rings is 1. The van der Waals surface area contributed by atoms with Gasteiger partial charge in [-0.2, -0.15) is 0 Å². The van der Waals surface area contributed by atoms with E-state index in [4.69, 9.17) is 0 Å². The highest BCUT2D eigenvalue weighted by molar-refractivity contribution is 14.0. The number of nitrogens with zero attached hydrogens (tertiary/aromatic N) is 4. The van der Waals surface area contributed by atoms with Gasteiger partial charge >= 0.3 is 0 Å². The summed E-state index contributed by atoms with van der Waals surface area (Å²) in [6.07, 6.45) is 2.27. The van der Waals surface area contributed by atoms with Gasteiger partial charge in [-0.05, 0) is 43.0 Å². The number of halogens is 1. The largest absolute Gasteiger partial charge is 0.357 e. The van der Waals surface area contributed by atoms with E-state index in [-0.39, 0.29) is 29.9 Å². The van der Waals surface area contributed by atoms with Gasteiger partial charge in [0.25, 0.3) is 0 Å². The molecule has 0 radical (unpaired) electrons. The Balaban J connectivity index is 0.00000320. The molecular weight excluding hydrogens is 511 g/mol. The van der Waals surface area contributed by atoms with Crippen LogP contribution in [0, 0.1) is 6.92 Å². The van der Waals surface area contributed by atoms with Crippen molar-refractivity contribution in [2.75, 3.05) is 44.2 Å². The molecule has 3 heterocycles. The summed E-state index contributed by atoms with van der Waals surface area (Å²) in [4.78, 5) is 27.0. The molecule has 3 rings (SSSR count). The molecule has 1 aliphatic rings. The molecule has 0 unspecified atom stereocenters. The number of aromatic nitrogens is 1. The number of guanidine groups is 1. The van der Waals surface area contributed by atoms with E-state index in [1.54, 1.807) is 11.3 Å². The first kappa shape index (κ1) is 24.4. The summed E-state index contributed by atoms with van der Waals surface area (Å²) in [5.74, 6) is 1.92. The van der Waals surface area contributed by atoms with Gasteiger partial charge in [-0.3, -0.25) is 4.79 Å². The van der Waals surface area contributed by atoms with Gasteiger partial charge in [0.15, 0.2) is 5.96 Å². The molecule has 1 saturated heterocycles. The van der Waals surface area contributed by atoms with E-state index in [1.165, 1.54) is 10.4 Å². The van der Waals surface area contributed by atoms with Crippen LogP contribution in [-0.2, 0) is 11.3 Å². The summed E-state index contributed by atoms with van der Waals surface area (Å²) in [7, 11) is 0. The van der Waals surface area contributed by atoms with Crippen molar-refractivity contribution < 1.29 is 4.79 Å². The lowest BCUT2D eigenvalue weighted by Gasteiger charge is -2.35. The Hall–Kier alpha value is -1.88. The van der Waals surface area contributed by atoms with Gasteiger partial charge in [0.2, 0.25) is 5.91 Å². The van der Waals surface area contributed by atoms with Gasteiger partial charge in [-0.1, -0.05) is 6.07 Å². The highest BCUT2D eigenvalue weighted by Gasteiger charge is 2.21. The topological polar surface area (TPSA) is 72.9 Å². The number of anilines is 1. The molecule has 1 fully saturated rings. The zero-order valence-electron chi connectivity index (χ0n) is 17.6. The number of aryl methyl sites for hydroxylation is 1. The standard InChI is InChI=1S/C21H30N6OS.HI/c1-3-22-21(25-16-18-17(2)8-15-29-18)24-10-7-20(28)27-13-11-26(12-14-27)19-6-4-5-9-23-19;/h4-6,8-9,15H,3,7,10-14,16H2,1-2H3,(H2,22,24,25);1H. The lowest BCUT2D eigenvalue weighted by atomic mass is 10.2. The molecule has 0 aliphatic carbocycles. The van der Waals surface area contributed by atoms with Crippen LogP contribution in [0.5, 0.6) is 0 Å². The third-order valence-electron chi connectivity index (χ3n) is 4.93. The Morgan fingerprint density at radius 1 is 1.20 bits per heavy atom. The van der Waals surface area contributed by atoms with Gasteiger partial charge < -0.3 is 20.4 Å². The number of amides is 1. The van der Waals surface area contributed by atoms with Crippen molar-refractivity contribution >= 4 is 53.0 Å². The minimum Gasteiger partial charge on any atom is -0.357 e. The number of piperazine rings is 1. The molecule has 2 aromatic rings. The first-order valence-corrected chi connectivity index (χ1v) is 11.0. The summed E-state index contributed by atoms with van der Waals surface area (Å²) in [6, 6.07) is 8.04. The summed E-state index contributed by atoms with van der Waals surface area (Å²) in [6.45, 7) is 9.28. The third kappa shape index (κ3) is 7.12. The molecule has 0 bridgehead atoms. The van der Waals surface area contributed by atoms with Crippen LogP contribution in [0.1, 0.15) is 23.8 Å². The van der Waals surface area contributed by atoms with Crippen LogP contribution in [0.15, 0.2) is 40.8 Å². The van der Waals surface area contributed by atoms with Gasteiger partial charge in [0.05, 0.1) is 6.54 Å². The predicted octanol–water partition coefficient (Wildman–Crippen LogP) is 2.86. The molecule has 7 nitrogen and oxygen atoms in total. The van der Waals surface area contributed by atoms with Crippen molar-refractivity contribution in [3.05, 3.63) is 46.3 Å². The fourth-order valence-electron chi connectivity index (χ4n) is 3.23. The van der Waals surface area contributed by atoms with Gasteiger partial charge in [0.1, 0.15) is 5.82 Å². The van der Waals surface area contributed by atoms with Crippen molar-refractivity contribution in [1.82, 2.24) is 20.5 Å². The molecule has 9 heteroatoms. The fraction of sp³-hybridized carbons (Fsp3) is 0.476. The van der Waals surface area contributed by atoms with Crippen LogP contribution in [0.4, 0.5) is 5.82 Å². The summed E-state index contributed by atoms with van der Waals surface area (Å²) >= 11 is 1.72. The van der Waals surface area contributed by atoms with E-state index < -0.39 is 0 Å². The zero-order valence-corrected chi connectivity index (χ0v) is 20.8. The van der Waals surface area contributed by atoms with E-state index in [2.05, 4.69) is 43.9 Å². The number of hydrogen-bond acceptors (Lipinski definition) is 5. The Kier molecular flexibility index (Phi) is 10.4. The van der Waals surface area contributed by atoms with E-state index in [1.807, 2.05) is 36.2 Å². The maximum absolute atomic E-state index is 12.6. The Labute approximate surface area is 200 Å². The molecule has 0 atom stereocenters. The summed E-state index contributed by atoms with van der Waals surface area (Å²) in [5.41, 5.74) is 1.27. The second-order valence-electron chi connectivity index (χ2n) is 6.95. The molecule has 2 N–H and O–H groups in total. The highest BCUT2D eigenvalue weighted by atomic mass is 127. The van der Waals surface area contributed by atoms with Gasteiger partial charge in [-0.15, -0.1) is 35.3 Å². The average Bonchev–Trinajstić information content (AvgIpc) is 3.17. The lowest BCUT2D eigenvalue weighted by Crippen LogP contribution is -2.49. The molecule has 30 heavy (non-hydrogen) atoms. The van der Waals surface area contributed by atoms with Crippen LogP contribution in [0.2, 0.25) is 0 Å².